The highest BCUT2D eigenvalue weighted by Crippen LogP contribution is 2.32. The number of fused-ring (bicyclic) bond motifs is 1. The van der Waals surface area contributed by atoms with Crippen molar-refractivity contribution in [1.29, 1.82) is 0 Å². The van der Waals surface area contributed by atoms with E-state index in [1.807, 2.05) is 18.2 Å². The van der Waals surface area contributed by atoms with Gasteiger partial charge in [0, 0.05) is 20.1 Å². The molecule has 0 aromatic heterocycles. The Bertz CT molecular complexity index is 477. The van der Waals surface area contributed by atoms with Gasteiger partial charge in [-0.2, -0.15) is 0 Å². The SMILES string of the molecule is COCC(O)CCNC(=O)CCc1ccc2c(c1)OCO2. The maximum atomic E-state index is 11.7. The van der Waals surface area contributed by atoms with Crippen molar-refractivity contribution in [3.05, 3.63) is 23.8 Å². The Labute approximate surface area is 124 Å². The van der Waals surface area contributed by atoms with Crippen molar-refractivity contribution in [2.45, 2.75) is 25.4 Å². The zero-order valence-electron chi connectivity index (χ0n) is 12.1. The zero-order valence-corrected chi connectivity index (χ0v) is 12.1. The van der Waals surface area contributed by atoms with Gasteiger partial charge in [0.15, 0.2) is 11.5 Å². The van der Waals surface area contributed by atoms with Crippen LogP contribution in [0.5, 0.6) is 11.5 Å². The van der Waals surface area contributed by atoms with Crippen LogP contribution in [0, 0.1) is 0 Å². The first kappa shape index (κ1) is 15.6. The summed E-state index contributed by atoms with van der Waals surface area (Å²) in [5.41, 5.74) is 1.04. The second-order valence-electron chi connectivity index (χ2n) is 4.94. The van der Waals surface area contributed by atoms with Crippen LogP contribution >= 0.6 is 0 Å². The topological polar surface area (TPSA) is 77.0 Å². The first-order valence-corrected chi connectivity index (χ1v) is 7.01. The van der Waals surface area contributed by atoms with Gasteiger partial charge < -0.3 is 24.6 Å². The summed E-state index contributed by atoms with van der Waals surface area (Å²) in [6, 6.07) is 5.69. The Morgan fingerprint density at radius 2 is 2.24 bits per heavy atom. The second-order valence-corrected chi connectivity index (χ2v) is 4.94. The van der Waals surface area contributed by atoms with E-state index in [0.717, 1.165) is 17.1 Å². The van der Waals surface area contributed by atoms with E-state index in [1.165, 1.54) is 7.11 Å². The molecule has 1 aromatic carbocycles. The van der Waals surface area contributed by atoms with E-state index in [-0.39, 0.29) is 19.3 Å². The summed E-state index contributed by atoms with van der Waals surface area (Å²) < 4.78 is 15.4. The van der Waals surface area contributed by atoms with Gasteiger partial charge in [0.25, 0.3) is 0 Å². The van der Waals surface area contributed by atoms with Gasteiger partial charge in [0.1, 0.15) is 0 Å². The third-order valence-corrected chi connectivity index (χ3v) is 3.24. The zero-order chi connectivity index (χ0) is 15.1. The lowest BCUT2D eigenvalue weighted by Crippen LogP contribution is -2.28. The number of aliphatic hydroxyl groups excluding tert-OH is 1. The van der Waals surface area contributed by atoms with Crippen LogP contribution in [0.15, 0.2) is 18.2 Å². The summed E-state index contributed by atoms with van der Waals surface area (Å²) in [7, 11) is 1.53. The van der Waals surface area contributed by atoms with Gasteiger partial charge in [-0.3, -0.25) is 4.79 Å². The van der Waals surface area contributed by atoms with Gasteiger partial charge in [0.2, 0.25) is 12.7 Å². The number of aryl methyl sites for hydroxylation is 1. The first-order valence-electron chi connectivity index (χ1n) is 7.01. The van der Waals surface area contributed by atoms with Crippen LogP contribution in [0.2, 0.25) is 0 Å². The highest BCUT2D eigenvalue weighted by molar-refractivity contribution is 5.76. The number of hydrogen-bond donors (Lipinski definition) is 2. The lowest BCUT2D eigenvalue weighted by Gasteiger charge is -2.10. The first-order chi connectivity index (χ1) is 10.2. The second kappa shape index (κ2) is 7.85. The standard InChI is InChI=1S/C15H21NO5/c1-19-9-12(17)6-7-16-15(18)5-3-11-2-4-13-14(8-11)21-10-20-13/h2,4,8,12,17H,3,5-7,9-10H2,1H3,(H,16,18). The molecule has 0 spiro atoms. The Hall–Kier alpha value is -1.79. The minimum Gasteiger partial charge on any atom is -0.454 e. The van der Waals surface area contributed by atoms with Gasteiger partial charge in [-0.25, -0.2) is 0 Å². The molecule has 6 heteroatoms. The molecule has 0 saturated heterocycles. The van der Waals surface area contributed by atoms with E-state index in [4.69, 9.17) is 14.2 Å². The molecule has 1 aliphatic heterocycles. The third-order valence-electron chi connectivity index (χ3n) is 3.24. The lowest BCUT2D eigenvalue weighted by molar-refractivity contribution is -0.121. The fourth-order valence-corrected chi connectivity index (χ4v) is 2.10. The molecular weight excluding hydrogens is 274 g/mol. The molecule has 0 saturated carbocycles. The number of ether oxygens (including phenoxy) is 3. The van der Waals surface area contributed by atoms with E-state index in [9.17, 15) is 9.90 Å². The van der Waals surface area contributed by atoms with Crippen LogP contribution in [-0.2, 0) is 16.0 Å². The van der Waals surface area contributed by atoms with Crippen molar-refractivity contribution in [2.24, 2.45) is 0 Å². The number of amides is 1. The molecule has 0 radical (unpaired) electrons. The largest absolute Gasteiger partial charge is 0.454 e. The summed E-state index contributed by atoms with van der Waals surface area (Å²) in [5, 5.41) is 12.2. The van der Waals surface area contributed by atoms with Crippen LogP contribution in [0.25, 0.3) is 0 Å². The fourth-order valence-electron chi connectivity index (χ4n) is 2.10. The average Bonchev–Trinajstić information content (AvgIpc) is 2.93. The summed E-state index contributed by atoms with van der Waals surface area (Å²) in [4.78, 5) is 11.7. The van der Waals surface area contributed by atoms with E-state index in [2.05, 4.69) is 5.32 Å². The summed E-state index contributed by atoms with van der Waals surface area (Å²) in [6.07, 6.45) is 0.997. The molecule has 1 atom stereocenters. The Kier molecular flexibility index (Phi) is 5.83. The molecule has 6 nitrogen and oxygen atoms in total. The van der Waals surface area contributed by atoms with Gasteiger partial charge in [-0.15, -0.1) is 0 Å². The highest BCUT2D eigenvalue weighted by atomic mass is 16.7. The van der Waals surface area contributed by atoms with Crippen molar-refractivity contribution >= 4 is 5.91 Å². The molecule has 1 aliphatic rings. The number of aliphatic hydroxyl groups is 1. The molecule has 116 valence electrons. The third kappa shape index (κ3) is 4.91. The Morgan fingerprint density at radius 1 is 1.43 bits per heavy atom. The monoisotopic (exact) mass is 295 g/mol. The van der Waals surface area contributed by atoms with Gasteiger partial charge in [-0.05, 0) is 30.5 Å². The minimum atomic E-state index is -0.538. The molecule has 0 fully saturated rings. The Balaban J connectivity index is 1.67. The molecule has 2 rings (SSSR count). The molecule has 1 heterocycles. The number of carbonyl (C=O) groups is 1. The molecular formula is C15H21NO5. The number of methoxy groups -OCH3 is 1. The van der Waals surface area contributed by atoms with Crippen LogP contribution in [0.3, 0.4) is 0 Å². The van der Waals surface area contributed by atoms with E-state index < -0.39 is 6.10 Å². The van der Waals surface area contributed by atoms with E-state index in [0.29, 0.717) is 25.8 Å². The summed E-state index contributed by atoms with van der Waals surface area (Å²) in [6.45, 7) is 0.987. The average molecular weight is 295 g/mol. The number of benzene rings is 1. The predicted octanol–water partition coefficient (Wildman–Crippen LogP) is 0.861. The number of hydrogen-bond acceptors (Lipinski definition) is 5. The van der Waals surface area contributed by atoms with Crippen LogP contribution in [-0.4, -0.2) is 44.2 Å². The van der Waals surface area contributed by atoms with Gasteiger partial charge >= 0.3 is 0 Å². The Morgan fingerprint density at radius 3 is 3.05 bits per heavy atom. The maximum Gasteiger partial charge on any atom is 0.231 e. The number of rotatable bonds is 8. The van der Waals surface area contributed by atoms with Gasteiger partial charge in [0.05, 0.1) is 12.7 Å². The molecule has 21 heavy (non-hydrogen) atoms. The number of nitrogens with one attached hydrogen (secondary N) is 1. The van der Waals surface area contributed by atoms with Gasteiger partial charge in [-0.1, -0.05) is 6.07 Å². The molecule has 2 N–H and O–H groups in total. The van der Waals surface area contributed by atoms with E-state index >= 15 is 0 Å². The van der Waals surface area contributed by atoms with Crippen molar-refractivity contribution in [1.82, 2.24) is 5.32 Å². The van der Waals surface area contributed by atoms with Crippen LogP contribution in [0.4, 0.5) is 0 Å². The molecule has 1 amide bonds. The predicted molar refractivity (Wildman–Crippen MR) is 76.4 cm³/mol. The summed E-state index contributed by atoms with van der Waals surface area (Å²) >= 11 is 0. The highest BCUT2D eigenvalue weighted by Gasteiger charge is 2.13. The smallest absolute Gasteiger partial charge is 0.231 e. The normalized spacial score (nSPS) is 14.0. The van der Waals surface area contributed by atoms with Crippen molar-refractivity contribution in [3.63, 3.8) is 0 Å². The maximum absolute atomic E-state index is 11.7. The number of carbonyl (C=O) groups excluding carboxylic acids is 1. The van der Waals surface area contributed by atoms with Crippen molar-refractivity contribution < 1.29 is 24.1 Å². The summed E-state index contributed by atoms with van der Waals surface area (Å²) in [5.74, 6) is 1.45. The van der Waals surface area contributed by atoms with Crippen LogP contribution in [0.1, 0.15) is 18.4 Å². The van der Waals surface area contributed by atoms with Crippen molar-refractivity contribution in [3.8, 4) is 11.5 Å². The molecule has 1 aromatic rings. The molecule has 1 unspecified atom stereocenters. The molecule has 0 aliphatic carbocycles. The minimum absolute atomic E-state index is 0.0303. The van der Waals surface area contributed by atoms with Crippen molar-refractivity contribution in [2.75, 3.05) is 27.1 Å². The fraction of sp³-hybridized carbons (Fsp3) is 0.533. The van der Waals surface area contributed by atoms with Crippen LogP contribution < -0.4 is 14.8 Å². The van der Waals surface area contributed by atoms with E-state index in [1.54, 1.807) is 0 Å². The quantitative estimate of drug-likeness (QED) is 0.744. The lowest BCUT2D eigenvalue weighted by atomic mass is 10.1. The molecule has 0 bridgehead atoms.